The molecular formula is C21H24N2O4. The van der Waals surface area contributed by atoms with Gasteiger partial charge < -0.3 is 15.4 Å². The Balaban J connectivity index is 1.84. The second-order valence-corrected chi connectivity index (χ2v) is 6.23. The summed E-state index contributed by atoms with van der Waals surface area (Å²) >= 11 is 0. The van der Waals surface area contributed by atoms with Crippen molar-refractivity contribution in [2.75, 3.05) is 6.61 Å². The summed E-state index contributed by atoms with van der Waals surface area (Å²) in [5, 5.41) is 5.51. The van der Waals surface area contributed by atoms with Gasteiger partial charge in [-0.2, -0.15) is 0 Å². The largest absolute Gasteiger partial charge is 0.456 e. The molecule has 2 atom stereocenters. The second-order valence-electron chi connectivity index (χ2n) is 6.23. The third kappa shape index (κ3) is 6.93. The van der Waals surface area contributed by atoms with Gasteiger partial charge in [0, 0.05) is 6.92 Å². The Morgan fingerprint density at radius 2 is 1.44 bits per heavy atom. The maximum Gasteiger partial charge on any atom is 0.308 e. The maximum absolute atomic E-state index is 12.1. The molecule has 0 bridgehead atoms. The fraction of sp³-hybridized carbons (Fsp3) is 0.286. The number of hydrogen-bond acceptors (Lipinski definition) is 4. The predicted molar refractivity (Wildman–Crippen MR) is 102 cm³/mol. The third-order valence-electron chi connectivity index (χ3n) is 3.99. The van der Waals surface area contributed by atoms with Gasteiger partial charge in [-0.3, -0.25) is 14.4 Å². The number of carbonyl (C=O) groups excluding carboxylic acids is 3. The van der Waals surface area contributed by atoms with Crippen LogP contribution in [0.2, 0.25) is 0 Å². The molecule has 2 N–H and O–H groups in total. The number of amides is 2. The standard InChI is InChI=1S/C21H24N2O4/c1-15(17-9-5-3-6-10-17)22-20(25)14-27-21(26)13-19(23-16(2)24)18-11-7-4-8-12-18/h3-12,15,19H,13-14H2,1-2H3,(H,22,25)(H,23,24)/t15-,19-/m0/s1. The highest BCUT2D eigenvalue weighted by molar-refractivity contribution is 5.81. The van der Waals surface area contributed by atoms with Crippen molar-refractivity contribution < 1.29 is 19.1 Å². The zero-order valence-corrected chi connectivity index (χ0v) is 15.5. The smallest absolute Gasteiger partial charge is 0.308 e. The van der Waals surface area contributed by atoms with Gasteiger partial charge in [0.1, 0.15) is 0 Å². The van der Waals surface area contributed by atoms with E-state index in [9.17, 15) is 14.4 Å². The average molecular weight is 368 g/mol. The van der Waals surface area contributed by atoms with Crippen molar-refractivity contribution in [2.24, 2.45) is 0 Å². The van der Waals surface area contributed by atoms with Crippen LogP contribution < -0.4 is 10.6 Å². The third-order valence-corrected chi connectivity index (χ3v) is 3.99. The van der Waals surface area contributed by atoms with Crippen LogP contribution in [0.25, 0.3) is 0 Å². The van der Waals surface area contributed by atoms with Gasteiger partial charge in [0.25, 0.3) is 5.91 Å². The molecule has 0 saturated heterocycles. The van der Waals surface area contributed by atoms with Gasteiger partial charge in [0.15, 0.2) is 6.61 Å². The monoisotopic (exact) mass is 368 g/mol. The van der Waals surface area contributed by atoms with E-state index in [-0.39, 0.29) is 30.9 Å². The van der Waals surface area contributed by atoms with Gasteiger partial charge in [-0.1, -0.05) is 60.7 Å². The molecular weight excluding hydrogens is 344 g/mol. The zero-order chi connectivity index (χ0) is 19.6. The molecule has 2 aromatic carbocycles. The number of ether oxygens (including phenoxy) is 1. The van der Waals surface area contributed by atoms with Crippen LogP contribution >= 0.6 is 0 Å². The number of benzene rings is 2. The molecule has 0 aliphatic carbocycles. The van der Waals surface area contributed by atoms with E-state index >= 15 is 0 Å². The van der Waals surface area contributed by atoms with Crippen molar-refractivity contribution in [1.82, 2.24) is 10.6 Å². The fourth-order valence-corrected chi connectivity index (χ4v) is 2.66. The van der Waals surface area contributed by atoms with Gasteiger partial charge in [0.2, 0.25) is 5.91 Å². The van der Waals surface area contributed by atoms with Crippen LogP contribution in [0, 0.1) is 0 Å². The minimum atomic E-state index is -0.555. The van der Waals surface area contributed by atoms with E-state index in [1.807, 2.05) is 67.6 Å². The van der Waals surface area contributed by atoms with Gasteiger partial charge in [-0.25, -0.2) is 0 Å². The molecule has 0 aliphatic rings. The van der Waals surface area contributed by atoms with Crippen molar-refractivity contribution in [2.45, 2.75) is 32.4 Å². The average Bonchev–Trinajstić information content (AvgIpc) is 2.67. The highest BCUT2D eigenvalue weighted by atomic mass is 16.5. The van der Waals surface area contributed by atoms with E-state index in [0.717, 1.165) is 11.1 Å². The highest BCUT2D eigenvalue weighted by Crippen LogP contribution is 2.17. The first-order chi connectivity index (χ1) is 13.0. The first kappa shape index (κ1) is 20.2. The number of carbonyl (C=O) groups is 3. The molecule has 0 aromatic heterocycles. The molecule has 0 aliphatic heterocycles. The molecule has 6 nitrogen and oxygen atoms in total. The van der Waals surface area contributed by atoms with Crippen molar-refractivity contribution in [3.63, 3.8) is 0 Å². The minimum absolute atomic E-state index is 0.0505. The Kier molecular flexibility index (Phi) is 7.55. The molecule has 0 radical (unpaired) electrons. The van der Waals surface area contributed by atoms with Gasteiger partial charge >= 0.3 is 5.97 Å². The highest BCUT2D eigenvalue weighted by Gasteiger charge is 2.19. The number of esters is 1. The summed E-state index contributed by atoms with van der Waals surface area (Å²) < 4.78 is 5.07. The number of nitrogens with one attached hydrogen (secondary N) is 2. The molecule has 2 rings (SSSR count). The molecule has 2 aromatic rings. The molecule has 27 heavy (non-hydrogen) atoms. The lowest BCUT2D eigenvalue weighted by Gasteiger charge is -2.18. The fourth-order valence-electron chi connectivity index (χ4n) is 2.66. The number of rotatable bonds is 8. The molecule has 0 unspecified atom stereocenters. The first-order valence-electron chi connectivity index (χ1n) is 8.77. The summed E-state index contributed by atoms with van der Waals surface area (Å²) in [7, 11) is 0. The van der Waals surface area contributed by atoms with Crippen LogP contribution in [0.1, 0.15) is 43.5 Å². The molecule has 6 heteroatoms. The van der Waals surface area contributed by atoms with Gasteiger partial charge in [-0.05, 0) is 18.1 Å². The molecule has 142 valence electrons. The van der Waals surface area contributed by atoms with Gasteiger partial charge in [-0.15, -0.1) is 0 Å². The summed E-state index contributed by atoms with van der Waals surface area (Å²) in [6.45, 7) is 2.88. The Morgan fingerprint density at radius 3 is 2.00 bits per heavy atom. The zero-order valence-electron chi connectivity index (χ0n) is 15.5. The van der Waals surface area contributed by atoms with Crippen LogP contribution in [0.15, 0.2) is 60.7 Å². The summed E-state index contributed by atoms with van der Waals surface area (Å²) in [5.74, 6) is -1.18. The van der Waals surface area contributed by atoms with Crippen molar-refractivity contribution >= 4 is 17.8 Å². The second kappa shape index (κ2) is 10.1. The molecule has 0 saturated carbocycles. The van der Waals surface area contributed by atoms with Crippen molar-refractivity contribution in [3.05, 3.63) is 71.8 Å². The minimum Gasteiger partial charge on any atom is -0.456 e. The normalized spacial score (nSPS) is 12.5. The van der Waals surface area contributed by atoms with Crippen LogP contribution in [0.4, 0.5) is 0 Å². The quantitative estimate of drug-likeness (QED) is 0.702. The molecule has 0 fully saturated rings. The molecule has 0 heterocycles. The lowest BCUT2D eigenvalue weighted by atomic mass is 10.0. The summed E-state index contributed by atoms with van der Waals surface area (Å²) in [6.07, 6.45) is -0.0505. The number of hydrogen-bond donors (Lipinski definition) is 2. The Bertz CT molecular complexity index is 762. The van der Waals surface area contributed by atoms with E-state index in [4.69, 9.17) is 4.74 Å². The van der Waals surface area contributed by atoms with Crippen molar-refractivity contribution in [1.29, 1.82) is 0 Å². The SMILES string of the molecule is CC(=O)N[C@@H](CC(=O)OCC(=O)N[C@@H](C)c1ccccc1)c1ccccc1. The Hall–Kier alpha value is -3.15. The summed E-state index contributed by atoms with van der Waals surface area (Å²) in [4.78, 5) is 35.5. The Labute approximate surface area is 158 Å². The maximum atomic E-state index is 12.1. The molecule has 0 spiro atoms. The van der Waals surface area contributed by atoms with Crippen LogP contribution in [-0.4, -0.2) is 24.4 Å². The van der Waals surface area contributed by atoms with Crippen LogP contribution in [0.3, 0.4) is 0 Å². The lowest BCUT2D eigenvalue weighted by molar-refractivity contribution is -0.149. The predicted octanol–water partition coefficient (Wildman–Crippen LogP) is 2.67. The van der Waals surface area contributed by atoms with Crippen LogP contribution in [0.5, 0.6) is 0 Å². The topological polar surface area (TPSA) is 84.5 Å². The van der Waals surface area contributed by atoms with Crippen LogP contribution in [-0.2, 0) is 19.1 Å². The summed E-state index contributed by atoms with van der Waals surface area (Å²) in [5.41, 5.74) is 1.76. The lowest BCUT2D eigenvalue weighted by Crippen LogP contribution is -2.32. The van der Waals surface area contributed by atoms with E-state index < -0.39 is 12.0 Å². The summed E-state index contributed by atoms with van der Waals surface area (Å²) in [6, 6.07) is 18.0. The van der Waals surface area contributed by atoms with E-state index in [2.05, 4.69) is 10.6 Å². The van der Waals surface area contributed by atoms with E-state index in [1.54, 1.807) is 0 Å². The van der Waals surface area contributed by atoms with E-state index in [1.165, 1.54) is 6.92 Å². The van der Waals surface area contributed by atoms with Crippen molar-refractivity contribution in [3.8, 4) is 0 Å². The van der Waals surface area contributed by atoms with Gasteiger partial charge in [0.05, 0.1) is 18.5 Å². The Morgan fingerprint density at radius 1 is 0.889 bits per heavy atom. The molecule has 2 amide bonds. The first-order valence-corrected chi connectivity index (χ1v) is 8.77. The van der Waals surface area contributed by atoms with E-state index in [0.29, 0.717) is 0 Å².